The lowest BCUT2D eigenvalue weighted by molar-refractivity contribution is -0.141. The maximum Gasteiger partial charge on any atom is 0.315 e. The first-order valence-electron chi connectivity index (χ1n) is 18.7. The average molecular weight is 734 g/mol. The molecule has 0 spiro atoms. The molecule has 4 amide bonds. The Labute approximate surface area is 296 Å². The topological polar surface area (TPSA) is 174 Å². The Morgan fingerprint density at radius 1 is 0.920 bits per heavy atom. The normalized spacial score (nSPS) is 25.0. The van der Waals surface area contributed by atoms with E-state index in [-0.39, 0.29) is 37.6 Å². The molecule has 3 fully saturated rings. The van der Waals surface area contributed by atoms with Crippen LogP contribution in [-0.4, -0.2) is 102 Å². The molecule has 3 rings (SSSR count). The molecular weight excluding hydrogens is 672 g/mol. The van der Waals surface area contributed by atoms with Gasteiger partial charge in [-0.15, -0.1) is 0 Å². The molecule has 2 saturated heterocycles. The van der Waals surface area contributed by atoms with E-state index >= 15 is 0 Å². The summed E-state index contributed by atoms with van der Waals surface area (Å²) >= 11 is 0. The number of amides is 4. The van der Waals surface area contributed by atoms with E-state index in [2.05, 4.69) is 21.3 Å². The van der Waals surface area contributed by atoms with Gasteiger partial charge in [0.2, 0.25) is 17.7 Å². The van der Waals surface area contributed by atoms with Crippen LogP contribution >= 0.6 is 0 Å². The molecule has 50 heavy (non-hydrogen) atoms. The fourth-order valence-corrected chi connectivity index (χ4v) is 7.66. The molecule has 1 aliphatic carbocycles. The van der Waals surface area contributed by atoms with Crippen LogP contribution in [-0.2, 0) is 24.2 Å². The minimum Gasteiger partial charge on any atom is -0.371 e. The number of carbonyl (C=O) groups excluding carboxylic acids is 4. The second-order valence-electron chi connectivity index (χ2n) is 15.3. The summed E-state index contributed by atoms with van der Waals surface area (Å²) in [5.74, 6) is -4.67. The predicted molar refractivity (Wildman–Crippen MR) is 187 cm³/mol. The van der Waals surface area contributed by atoms with Crippen molar-refractivity contribution in [2.75, 3.05) is 18.8 Å². The van der Waals surface area contributed by atoms with Crippen LogP contribution in [0, 0.1) is 0 Å². The summed E-state index contributed by atoms with van der Waals surface area (Å²) < 4.78 is 53.4. The number of carbonyl (C=O) groups is 4. The number of rotatable bonds is 14. The van der Waals surface area contributed by atoms with Gasteiger partial charge in [0.25, 0.3) is 0 Å². The highest BCUT2D eigenvalue weighted by molar-refractivity contribution is 7.92. The summed E-state index contributed by atoms with van der Waals surface area (Å²) in [6, 6.07) is -3.72. The number of halogens is 2. The van der Waals surface area contributed by atoms with Gasteiger partial charge in [0, 0.05) is 32.0 Å². The zero-order valence-corrected chi connectivity index (χ0v) is 31.1. The summed E-state index contributed by atoms with van der Waals surface area (Å²) in [4.78, 5) is 54.7. The smallest absolute Gasteiger partial charge is 0.315 e. The average Bonchev–Trinajstić information content (AvgIpc) is 3.71. The number of ketones is 1. The largest absolute Gasteiger partial charge is 0.371 e. The van der Waals surface area contributed by atoms with Gasteiger partial charge < -0.3 is 26.0 Å². The predicted octanol–water partition coefficient (Wildman–Crippen LogP) is 4.09. The van der Waals surface area contributed by atoms with Crippen molar-refractivity contribution in [3.8, 4) is 0 Å². The molecule has 0 aromatic rings. The molecule has 288 valence electrons. The van der Waals surface area contributed by atoms with E-state index in [9.17, 15) is 41.5 Å². The van der Waals surface area contributed by atoms with Crippen molar-refractivity contribution in [3.63, 3.8) is 0 Å². The van der Waals surface area contributed by atoms with Gasteiger partial charge in [-0.3, -0.25) is 19.7 Å². The maximum absolute atomic E-state index is 14.8. The number of aliphatic hydroxyl groups excluding tert-OH is 1. The van der Waals surface area contributed by atoms with Crippen LogP contribution in [0.3, 0.4) is 0 Å². The molecule has 4 atom stereocenters. The zero-order chi connectivity index (χ0) is 37.0. The third-order valence-electron chi connectivity index (χ3n) is 9.98. The van der Waals surface area contributed by atoms with Gasteiger partial charge in [0.05, 0.1) is 16.5 Å². The van der Waals surface area contributed by atoms with E-state index < -0.39 is 74.9 Å². The Kier molecular flexibility index (Phi) is 16.3. The Morgan fingerprint density at radius 3 is 2.26 bits per heavy atom. The quantitative estimate of drug-likeness (QED) is 0.131. The summed E-state index contributed by atoms with van der Waals surface area (Å²) in [5.41, 5.74) is 0. The monoisotopic (exact) mass is 733 g/mol. The van der Waals surface area contributed by atoms with E-state index in [1.807, 2.05) is 0 Å². The van der Waals surface area contributed by atoms with Crippen molar-refractivity contribution in [2.45, 2.75) is 177 Å². The van der Waals surface area contributed by atoms with Crippen LogP contribution in [0.15, 0.2) is 0 Å². The molecule has 0 bridgehead atoms. The number of aliphatic hydroxyl groups is 1. The summed E-state index contributed by atoms with van der Waals surface area (Å²) in [5, 5.41) is 21.4. The van der Waals surface area contributed by atoms with Crippen LogP contribution in [0.1, 0.15) is 136 Å². The van der Waals surface area contributed by atoms with E-state index in [0.717, 1.165) is 44.9 Å². The van der Waals surface area contributed by atoms with Crippen molar-refractivity contribution in [1.29, 1.82) is 0 Å². The molecule has 0 aromatic heterocycles. The highest BCUT2D eigenvalue weighted by Gasteiger charge is 2.41. The number of urea groups is 1. The second-order valence-corrected chi connectivity index (χ2v) is 18.2. The van der Waals surface area contributed by atoms with Gasteiger partial charge in [-0.1, -0.05) is 44.9 Å². The standard InChI is InChI=1S/C35H61F2N5O7S/c1-34(2,3)50(48,49)24-13-9-5-4-8-12-22-38-33(47)41-27-15-10-6-7-11-20-35(36,37)21-19-26(29(43)31(45)39-25-17-18-25)40-30(44)28-16-14-23-42(28)32(27)46/h25-28,31,39,45H,4-24H2,1-3H3,(H,40,44)(H2,38,41,47)/t26-,27-,28?,31?/m0/s1. The van der Waals surface area contributed by atoms with Gasteiger partial charge in [-0.2, -0.15) is 0 Å². The highest BCUT2D eigenvalue weighted by Crippen LogP contribution is 2.29. The first-order valence-corrected chi connectivity index (χ1v) is 20.4. The third-order valence-corrected chi connectivity index (χ3v) is 12.7. The number of hydrogen-bond acceptors (Lipinski definition) is 8. The SMILES string of the molecule is CC(C)(C)S(=O)(=O)CCCCCCCCNC(=O)N[C@H]1CCCCCCC(F)(F)CC[C@@H](C(=O)C(O)NC2CC2)NC(=O)C2CCCN2C1=O. The highest BCUT2D eigenvalue weighted by atomic mass is 32.2. The minimum atomic E-state index is -3.12. The van der Waals surface area contributed by atoms with Gasteiger partial charge >= 0.3 is 6.03 Å². The maximum atomic E-state index is 14.8. The van der Waals surface area contributed by atoms with E-state index in [4.69, 9.17) is 0 Å². The molecule has 2 aliphatic heterocycles. The molecule has 5 N–H and O–H groups in total. The van der Waals surface area contributed by atoms with E-state index in [1.165, 1.54) is 4.90 Å². The van der Waals surface area contributed by atoms with Crippen LogP contribution < -0.4 is 21.3 Å². The molecule has 12 nitrogen and oxygen atoms in total. The summed E-state index contributed by atoms with van der Waals surface area (Å²) in [6.07, 6.45) is 6.53. The molecule has 0 radical (unpaired) electrons. The lowest BCUT2D eigenvalue weighted by Crippen LogP contribution is -2.57. The fraction of sp³-hybridized carbons (Fsp3) is 0.886. The van der Waals surface area contributed by atoms with Crippen molar-refractivity contribution >= 4 is 33.5 Å². The van der Waals surface area contributed by atoms with Crippen molar-refractivity contribution < 1.29 is 41.5 Å². The number of hydrogen-bond donors (Lipinski definition) is 5. The number of sulfone groups is 1. The van der Waals surface area contributed by atoms with Crippen LogP contribution in [0.4, 0.5) is 13.6 Å². The summed E-state index contributed by atoms with van der Waals surface area (Å²) in [6.45, 7) is 5.81. The van der Waals surface area contributed by atoms with Crippen LogP contribution in [0.5, 0.6) is 0 Å². The Bertz CT molecular complexity index is 1240. The Morgan fingerprint density at radius 2 is 1.58 bits per heavy atom. The molecule has 2 unspecified atom stereocenters. The number of unbranched alkanes of at least 4 members (excludes halogenated alkanes) is 5. The Hall–Kier alpha value is -2.39. The first-order chi connectivity index (χ1) is 23.5. The lowest BCUT2D eigenvalue weighted by Gasteiger charge is -2.31. The van der Waals surface area contributed by atoms with Crippen LogP contribution in [0.2, 0.25) is 0 Å². The van der Waals surface area contributed by atoms with Crippen molar-refractivity contribution in [2.24, 2.45) is 0 Å². The number of alkyl halides is 2. The molecule has 2 heterocycles. The first kappa shape index (κ1) is 42.0. The van der Waals surface area contributed by atoms with Gasteiger partial charge in [-0.25, -0.2) is 22.0 Å². The summed E-state index contributed by atoms with van der Waals surface area (Å²) in [7, 11) is -3.12. The third kappa shape index (κ3) is 14.0. The molecular formula is C35H61F2N5O7S. The second kappa shape index (κ2) is 19.4. The molecule has 15 heteroatoms. The Balaban J connectivity index is 1.54. The van der Waals surface area contributed by atoms with E-state index in [1.54, 1.807) is 20.8 Å². The zero-order valence-electron chi connectivity index (χ0n) is 30.2. The number of nitrogens with one attached hydrogen (secondary N) is 4. The molecule has 0 aromatic carbocycles. The fourth-order valence-electron chi connectivity index (χ4n) is 6.47. The molecule has 3 aliphatic rings. The van der Waals surface area contributed by atoms with Crippen molar-refractivity contribution in [3.05, 3.63) is 0 Å². The van der Waals surface area contributed by atoms with Gasteiger partial charge in [0.15, 0.2) is 21.8 Å². The van der Waals surface area contributed by atoms with Crippen LogP contribution in [0.25, 0.3) is 0 Å². The minimum absolute atomic E-state index is 0.0231. The molecule has 1 saturated carbocycles. The number of Topliss-reactive ketones (excluding diaryl/α,β-unsaturated/α-hetero) is 1. The lowest BCUT2D eigenvalue weighted by atomic mass is 9.97. The number of fused-ring (bicyclic) bond motifs is 1. The van der Waals surface area contributed by atoms with Gasteiger partial charge in [0.1, 0.15) is 12.1 Å². The van der Waals surface area contributed by atoms with Crippen molar-refractivity contribution in [1.82, 2.24) is 26.2 Å². The van der Waals surface area contributed by atoms with Gasteiger partial charge in [-0.05, 0) is 78.6 Å². The van der Waals surface area contributed by atoms with E-state index in [0.29, 0.717) is 51.5 Å². The number of nitrogens with zero attached hydrogens (tertiary/aromatic N) is 1.